The van der Waals surface area contributed by atoms with E-state index in [1.54, 1.807) is 0 Å². The Labute approximate surface area is 132 Å². The molecule has 0 spiro atoms. The van der Waals surface area contributed by atoms with Crippen molar-refractivity contribution in [1.29, 1.82) is 0 Å². The summed E-state index contributed by atoms with van der Waals surface area (Å²) in [7, 11) is 0. The molecule has 1 aliphatic rings. The van der Waals surface area contributed by atoms with E-state index in [9.17, 15) is 0 Å². The first-order chi connectivity index (χ1) is 10.8. The molecule has 1 nitrogen and oxygen atoms in total. The molecule has 0 aromatic heterocycles. The zero-order valence-electron chi connectivity index (χ0n) is 12.8. The van der Waals surface area contributed by atoms with Crippen LogP contribution in [0.25, 0.3) is 0 Å². The second kappa shape index (κ2) is 6.48. The monoisotopic (exact) mass is 287 g/mol. The second-order valence-electron chi connectivity index (χ2n) is 5.54. The fourth-order valence-electron chi connectivity index (χ4n) is 3.02. The molecule has 1 heteroatoms. The molecule has 0 amide bonds. The maximum Gasteiger partial charge on any atom is 0.0519 e. The molecule has 0 bridgehead atoms. The summed E-state index contributed by atoms with van der Waals surface area (Å²) < 4.78 is 0. The average Bonchev–Trinajstić information content (AvgIpc) is 2.58. The van der Waals surface area contributed by atoms with Crippen LogP contribution >= 0.6 is 0 Å². The Morgan fingerprint density at radius 2 is 1.36 bits per heavy atom. The quantitative estimate of drug-likeness (QED) is 0.666. The molecule has 0 saturated carbocycles. The summed E-state index contributed by atoms with van der Waals surface area (Å²) in [6.45, 7) is 8.33. The van der Waals surface area contributed by atoms with Crippen LogP contribution in [-0.4, -0.2) is 0 Å². The van der Waals surface area contributed by atoms with Crippen LogP contribution in [0.3, 0.4) is 0 Å². The third kappa shape index (κ3) is 2.75. The summed E-state index contributed by atoms with van der Waals surface area (Å²) in [4.78, 5) is 2.30. The maximum absolute atomic E-state index is 4.32. The SMILES string of the molecule is C=CC1=C(N(c2ccccc2)c2ccccc2)C(=C)CCC1. The van der Waals surface area contributed by atoms with Crippen LogP contribution in [0.5, 0.6) is 0 Å². The Balaban J connectivity index is 2.20. The topological polar surface area (TPSA) is 3.24 Å². The molecule has 0 radical (unpaired) electrons. The van der Waals surface area contributed by atoms with Crippen molar-refractivity contribution in [1.82, 2.24) is 0 Å². The Kier molecular flexibility index (Phi) is 4.24. The average molecular weight is 287 g/mol. The first-order valence-corrected chi connectivity index (χ1v) is 7.75. The van der Waals surface area contributed by atoms with Crippen LogP contribution in [0.15, 0.2) is 96.7 Å². The lowest BCUT2D eigenvalue weighted by molar-refractivity contribution is 0.770. The van der Waals surface area contributed by atoms with E-state index < -0.39 is 0 Å². The van der Waals surface area contributed by atoms with Gasteiger partial charge in [0.1, 0.15) is 0 Å². The van der Waals surface area contributed by atoms with Gasteiger partial charge in [-0.05, 0) is 54.7 Å². The number of allylic oxidation sites excluding steroid dienone is 3. The van der Waals surface area contributed by atoms with Gasteiger partial charge >= 0.3 is 0 Å². The predicted octanol–water partition coefficient (Wildman–Crippen LogP) is 6.00. The standard InChI is InChI=1S/C21H21N/c1-3-18-12-10-11-17(2)21(18)22(19-13-6-4-7-14-19)20-15-8-5-9-16-20/h3-9,13-16H,1-2,10-12H2. The van der Waals surface area contributed by atoms with Crippen molar-refractivity contribution < 1.29 is 0 Å². The minimum Gasteiger partial charge on any atom is -0.310 e. The van der Waals surface area contributed by atoms with Gasteiger partial charge in [0.25, 0.3) is 0 Å². The van der Waals surface area contributed by atoms with E-state index in [-0.39, 0.29) is 0 Å². The minimum atomic E-state index is 1.04. The van der Waals surface area contributed by atoms with Crippen molar-refractivity contribution in [3.63, 3.8) is 0 Å². The molecule has 0 N–H and O–H groups in total. The van der Waals surface area contributed by atoms with Crippen molar-refractivity contribution in [3.8, 4) is 0 Å². The lowest BCUT2D eigenvalue weighted by Crippen LogP contribution is -2.21. The third-order valence-corrected chi connectivity index (χ3v) is 4.06. The van der Waals surface area contributed by atoms with Crippen molar-refractivity contribution in [3.05, 3.63) is 96.7 Å². The summed E-state index contributed by atoms with van der Waals surface area (Å²) in [6.07, 6.45) is 5.25. The van der Waals surface area contributed by atoms with Gasteiger partial charge in [-0.25, -0.2) is 0 Å². The van der Waals surface area contributed by atoms with Gasteiger partial charge in [-0.2, -0.15) is 0 Å². The van der Waals surface area contributed by atoms with Gasteiger partial charge in [0.05, 0.1) is 5.70 Å². The fourth-order valence-corrected chi connectivity index (χ4v) is 3.02. The molecule has 1 aliphatic carbocycles. The number of hydrogen-bond acceptors (Lipinski definition) is 1. The molecule has 3 rings (SSSR count). The van der Waals surface area contributed by atoms with Crippen LogP contribution in [0.2, 0.25) is 0 Å². The van der Waals surface area contributed by atoms with Gasteiger partial charge in [0.2, 0.25) is 0 Å². The van der Waals surface area contributed by atoms with Crippen LogP contribution in [0.1, 0.15) is 19.3 Å². The first kappa shape index (κ1) is 14.4. The zero-order valence-corrected chi connectivity index (χ0v) is 12.8. The zero-order chi connectivity index (χ0) is 15.4. The third-order valence-electron chi connectivity index (χ3n) is 4.06. The summed E-state index contributed by atoms with van der Waals surface area (Å²) in [6, 6.07) is 21.0. The normalized spacial score (nSPS) is 14.8. The second-order valence-corrected chi connectivity index (χ2v) is 5.54. The van der Waals surface area contributed by atoms with Crippen LogP contribution < -0.4 is 4.90 Å². The van der Waals surface area contributed by atoms with E-state index in [4.69, 9.17) is 0 Å². The van der Waals surface area contributed by atoms with Crippen molar-refractivity contribution >= 4 is 11.4 Å². The molecule has 0 fully saturated rings. The largest absolute Gasteiger partial charge is 0.310 e. The number of nitrogens with zero attached hydrogens (tertiary/aromatic N) is 1. The lowest BCUT2D eigenvalue weighted by Gasteiger charge is -2.33. The lowest BCUT2D eigenvalue weighted by atomic mass is 9.91. The van der Waals surface area contributed by atoms with E-state index in [1.807, 2.05) is 18.2 Å². The number of rotatable bonds is 4. The highest BCUT2D eigenvalue weighted by Gasteiger charge is 2.22. The highest BCUT2D eigenvalue weighted by Crippen LogP contribution is 2.39. The molecule has 22 heavy (non-hydrogen) atoms. The predicted molar refractivity (Wildman–Crippen MR) is 95.2 cm³/mol. The van der Waals surface area contributed by atoms with Crippen molar-refractivity contribution in [2.24, 2.45) is 0 Å². The highest BCUT2D eigenvalue weighted by atomic mass is 15.2. The fraction of sp³-hybridized carbons (Fsp3) is 0.143. The molecule has 0 heterocycles. The molecular formula is C21H21N. The van der Waals surface area contributed by atoms with E-state index in [0.717, 1.165) is 30.6 Å². The molecule has 0 atom stereocenters. The van der Waals surface area contributed by atoms with Crippen molar-refractivity contribution in [2.45, 2.75) is 19.3 Å². The number of hydrogen-bond donors (Lipinski definition) is 0. The minimum absolute atomic E-state index is 1.04. The molecule has 0 aliphatic heterocycles. The van der Waals surface area contributed by atoms with Crippen molar-refractivity contribution in [2.75, 3.05) is 4.90 Å². The molecule has 110 valence electrons. The summed E-state index contributed by atoms with van der Waals surface area (Å²) in [5, 5.41) is 0. The van der Waals surface area contributed by atoms with Gasteiger partial charge in [0.15, 0.2) is 0 Å². The molecular weight excluding hydrogens is 266 g/mol. The molecule has 2 aromatic carbocycles. The van der Waals surface area contributed by atoms with Gasteiger partial charge < -0.3 is 4.90 Å². The van der Waals surface area contributed by atoms with E-state index >= 15 is 0 Å². The molecule has 0 unspecified atom stereocenters. The Bertz CT molecular complexity index is 656. The first-order valence-electron chi connectivity index (χ1n) is 7.75. The number of anilines is 2. The number of para-hydroxylation sites is 2. The summed E-state index contributed by atoms with van der Waals surface area (Å²) in [5.74, 6) is 0. The van der Waals surface area contributed by atoms with Gasteiger partial charge in [-0.1, -0.05) is 55.6 Å². The molecule has 2 aromatic rings. The molecule has 0 saturated heterocycles. The van der Waals surface area contributed by atoms with Gasteiger partial charge in [0, 0.05) is 11.4 Å². The Morgan fingerprint density at radius 3 is 1.86 bits per heavy atom. The smallest absolute Gasteiger partial charge is 0.0519 e. The van der Waals surface area contributed by atoms with E-state index in [2.05, 4.69) is 66.6 Å². The van der Waals surface area contributed by atoms with Crippen LogP contribution in [-0.2, 0) is 0 Å². The maximum atomic E-state index is 4.32. The summed E-state index contributed by atoms with van der Waals surface area (Å²) in [5.41, 5.74) is 5.99. The van der Waals surface area contributed by atoms with Crippen LogP contribution in [0, 0.1) is 0 Å². The van der Waals surface area contributed by atoms with Gasteiger partial charge in [-0.15, -0.1) is 0 Å². The number of benzene rings is 2. The van der Waals surface area contributed by atoms with E-state index in [0.29, 0.717) is 0 Å². The van der Waals surface area contributed by atoms with Crippen LogP contribution in [0.4, 0.5) is 11.4 Å². The Morgan fingerprint density at radius 1 is 0.818 bits per heavy atom. The Hall–Kier alpha value is -2.54. The highest BCUT2D eigenvalue weighted by molar-refractivity contribution is 5.72. The summed E-state index contributed by atoms with van der Waals surface area (Å²) >= 11 is 0. The van der Waals surface area contributed by atoms with Gasteiger partial charge in [-0.3, -0.25) is 0 Å². The van der Waals surface area contributed by atoms with E-state index in [1.165, 1.54) is 16.8 Å².